The lowest BCUT2D eigenvalue weighted by Gasteiger charge is -2.47. The van der Waals surface area contributed by atoms with E-state index in [9.17, 15) is 35.4 Å². The van der Waals surface area contributed by atoms with Gasteiger partial charge in [0.15, 0.2) is 12.6 Å². The Morgan fingerprint density at radius 2 is 1.44 bits per heavy atom. The van der Waals surface area contributed by atoms with Gasteiger partial charge in [0, 0.05) is 13.5 Å². The van der Waals surface area contributed by atoms with Gasteiger partial charge in [-0.05, 0) is 19.3 Å². The molecule has 0 bridgehead atoms. The number of carbonyl (C=O) groups excluding carboxylic acids is 1. The van der Waals surface area contributed by atoms with Gasteiger partial charge < -0.3 is 54.9 Å². The first-order valence-electron chi connectivity index (χ1n) is 12.6. The molecule has 36 heavy (non-hydrogen) atoms. The minimum Gasteiger partial charge on any atom is -0.394 e. The second kappa shape index (κ2) is 15.9. The molecule has 0 radical (unpaired) electrons. The summed E-state index contributed by atoms with van der Waals surface area (Å²) in [6.45, 7) is 4.04. The predicted octanol–water partition coefficient (Wildman–Crippen LogP) is -1.31. The van der Waals surface area contributed by atoms with E-state index < -0.39 is 80.5 Å². The molecule has 0 aromatic carbocycles. The monoisotopic (exact) mass is 521 g/mol. The van der Waals surface area contributed by atoms with Gasteiger partial charge in [-0.1, -0.05) is 31.8 Å². The number of ether oxygens (including phenoxy) is 4. The van der Waals surface area contributed by atoms with Gasteiger partial charge in [0.2, 0.25) is 5.91 Å². The smallest absolute Gasteiger partial charge is 0.217 e. The van der Waals surface area contributed by atoms with Gasteiger partial charge in [0.1, 0.15) is 48.8 Å². The maximum absolute atomic E-state index is 11.9. The normalized spacial score (nSPS) is 37.0. The maximum Gasteiger partial charge on any atom is 0.217 e. The molecular weight excluding hydrogens is 478 g/mol. The number of carbonyl (C=O) groups is 1. The van der Waals surface area contributed by atoms with E-state index in [4.69, 9.17) is 18.9 Å². The molecule has 2 fully saturated rings. The van der Waals surface area contributed by atoms with Crippen LogP contribution in [0.2, 0.25) is 0 Å². The first-order chi connectivity index (χ1) is 17.2. The van der Waals surface area contributed by atoms with E-state index in [1.54, 1.807) is 0 Å². The van der Waals surface area contributed by atoms with Gasteiger partial charge in [-0.2, -0.15) is 0 Å². The van der Waals surface area contributed by atoms with Crippen LogP contribution in [-0.4, -0.2) is 118 Å². The Kier molecular flexibility index (Phi) is 13.7. The minimum absolute atomic E-state index is 0.300. The Balaban J connectivity index is 2.04. The fourth-order valence-corrected chi connectivity index (χ4v) is 4.39. The molecule has 0 aromatic heterocycles. The van der Waals surface area contributed by atoms with E-state index in [2.05, 4.69) is 11.9 Å². The predicted molar refractivity (Wildman–Crippen MR) is 126 cm³/mol. The third kappa shape index (κ3) is 8.69. The van der Waals surface area contributed by atoms with Crippen molar-refractivity contribution in [3.8, 4) is 0 Å². The van der Waals surface area contributed by atoms with Crippen LogP contribution in [0.25, 0.3) is 0 Å². The molecule has 1 amide bonds. The summed E-state index contributed by atoms with van der Waals surface area (Å²) < 4.78 is 22.7. The average molecular weight is 522 g/mol. The fraction of sp³-hybridized carbons (Fsp3) is 0.875. The Morgan fingerprint density at radius 3 is 2.06 bits per heavy atom. The number of nitrogens with one attached hydrogen (secondary N) is 1. The molecule has 12 nitrogen and oxygen atoms in total. The van der Waals surface area contributed by atoms with Crippen LogP contribution in [0.15, 0.2) is 12.7 Å². The van der Waals surface area contributed by atoms with E-state index in [1.807, 2.05) is 6.08 Å². The fourth-order valence-electron chi connectivity index (χ4n) is 4.39. The molecule has 0 aromatic rings. The summed E-state index contributed by atoms with van der Waals surface area (Å²) in [4.78, 5) is 11.9. The van der Waals surface area contributed by atoms with E-state index in [0.29, 0.717) is 6.61 Å². The summed E-state index contributed by atoms with van der Waals surface area (Å²) in [5.74, 6) is -0.464. The van der Waals surface area contributed by atoms with Gasteiger partial charge in [-0.15, -0.1) is 6.58 Å². The molecule has 10 atom stereocenters. The quantitative estimate of drug-likeness (QED) is 0.100. The van der Waals surface area contributed by atoms with Crippen molar-refractivity contribution >= 4 is 5.91 Å². The minimum atomic E-state index is -1.71. The van der Waals surface area contributed by atoms with Gasteiger partial charge in [-0.25, -0.2) is 0 Å². The Bertz CT molecular complexity index is 652. The molecule has 210 valence electrons. The van der Waals surface area contributed by atoms with Gasteiger partial charge >= 0.3 is 0 Å². The zero-order valence-electron chi connectivity index (χ0n) is 20.9. The van der Waals surface area contributed by atoms with Crippen LogP contribution in [0.4, 0.5) is 0 Å². The van der Waals surface area contributed by atoms with Gasteiger partial charge in [-0.3, -0.25) is 4.79 Å². The number of aliphatic hydroxyl groups is 6. The SMILES string of the molecule is C=CCCCCCCCCO[C@@H]1O[C@H](CO)[C@H](O)[C@H](O[C@@H]2O[C@H](CO)[C@H](O)[C@H](O)[C@H]2O)[C@H]1NC(C)=O. The van der Waals surface area contributed by atoms with Crippen LogP contribution < -0.4 is 5.32 Å². The van der Waals surface area contributed by atoms with E-state index in [1.165, 1.54) is 6.92 Å². The number of hydrogen-bond donors (Lipinski definition) is 7. The van der Waals surface area contributed by atoms with Crippen molar-refractivity contribution in [1.82, 2.24) is 5.32 Å². The number of amides is 1. The second-order valence-corrected chi connectivity index (χ2v) is 9.31. The highest BCUT2D eigenvalue weighted by Gasteiger charge is 2.51. The molecule has 0 saturated carbocycles. The lowest BCUT2D eigenvalue weighted by molar-refractivity contribution is -0.344. The topological polar surface area (TPSA) is 187 Å². The van der Waals surface area contributed by atoms with Crippen molar-refractivity contribution in [2.24, 2.45) is 0 Å². The number of allylic oxidation sites excluding steroid dienone is 1. The van der Waals surface area contributed by atoms with Crippen molar-refractivity contribution in [2.45, 2.75) is 113 Å². The van der Waals surface area contributed by atoms with Crippen LogP contribution in [-0.2, 0) is 23.7 Å². The third-order valence-corrected chi connectivity index (χ3v) is 6.45. The zero-order chi connectivity index (χ0) is 26.7. The molecule has 0 aliphatic carbocycles. The molecule has 0 spiro atoms. The molecule has 2 aliphatic heterocycles. The first-order valence-corrected chi connectivity index (χ1v) is 12.6. The Morgan fingerprint density at radius 1 is 0.861 bits per heavy atom. The van der Waals surface area contributed by atoms with Crippen molar-refractivity contribution in [2.75, 3.05) is 19.8 Å². The second-order valence-electron chi connectivity index (χ2n) is 9.31. The molecule has 2 aliphatic rings. The van der Waals surface area contributed by atoms with Crippen molar-refractivity contribution in [1.29, 1.82) is 0 Å². The summed E-state index contributed by atoms with van der Waals surface area (Å²) >= 11 is 0. The molecule has 12 heteroatoms. The third-order valence-electron chi connectivity index (χ3n) is 6.45. The molecule has 0 unspecified atom stereocenters. The summed E-state index contributed by atoms with van der Waals surface area (Å²) in [7, 11) is 0. The largest absolute Gasteiger partial charge is 0.394 e. The van der Waals surface area contributed by atoms with Crippen molar-refractivity contribution < 1.29 is 54.4 Å². The van der Waals surface area contributed by atoms with E-state index in [0.717, 1.165) is 44.9 Å². The van der Waals surface area contributed by atoms with Crippen molar-refractivity contribution in [3.63, 3.8) is 0 Å². The van der Waals surface area contributed by atoms with Crippen molar-refractivity contribution in [3.05, 3.63) is 12.7 Å². The molecule has 2 heterocycles. The lowest BCUT2D eigenvalue weighted by Crippen LogP contribution is -2.68. The van der Waals surface area contributed by atoms with E-state index in [-0.39, 0.29) is 0 Å². The molecule has 7 N–H and O–H groups in total. The summed E-state index contributed by atoms with van der Waals surface area (Å²) in [5, 5.41) is 63.0. The average Bonchev–Trinajstić information content (AvgIpc) is 2.85. The van der Waals surface area contributed by atoms with Gasteiger partial charge in [0.05, 0.1) is 13.2 Å². The number of aliphatic hydroxyl groups excluding tert-OH is 6. The Labute approximate surface area is 211 Å². The molecule has 2 saturated heterocycles. The summed E-state index contributed by atoms with van der Waals surface area (Å²) in [5.41, 5.74) is 0. The standard InChI is InChI=1S/C24H43NO11/c1-3-4-5-6-7-8-9-10-11-33-23-17(25-14(2)28)22(19(30)16(13-27)34-23)36-24-21(32)20(31)18(29)15(12-26)35-24/h3,15-24,26-27,29-32H,1,4-13H2,2H3,(H,25,28)/t15-,16-,17-,18+,19+,20+,21-,22-,23-,24+/m1/s1. The van der Waals surface area contributed by atoms with Crippen LogP contribution in [0, 0.1) is 0 Å². The summed E-state index contributed by atoms with van der Waals surface area (Å²) in [6, 6.07) is -1.05. The number of hydrogen-bond acceptors (Lipinski definition) is 11. The Hall–Kier alpha value is -1.19. The van der Waals surface area contributed by atoms with Crippen LogP contribution in [0.3, 0.4) is 0 Å². The lowest BCUT2D eigenvalue weighted by atomic mass is 9.95. The molecule has 2 rings (SSSR count). The van der Waals surface area contributed by atoms with Gasteiger partial charge in [0.25, 0.3) is 0 Å². The highest BCUT2D eigenvalue weighted by molar-refractivity contribution is 5.73. The van der Waals surface area contributed by atoms with Crippen LogP contribution in [0.1, 0.15) is 51.9 Å². The maximum atomic E-state index is 11.9. The first kappa shape index (κ1) is 31.0. The zero-order valence-corrected chi connectivity index (χ0v) is 20.9. The number of rotatable bonds is 15. The molecular formula is C24H43NO11. The summed E-state index contributed by atoms with van der Waals surface area (Å²) in [6.07, 6.45) is -3.72. The van der Waals surface area contributed by atoms with E-state index >= 15 is 0 Å². The van der Waals surface area contributed by atoms with Crippen LogP contribution >= 0.6 is 0 Å². The highest BCUT2D eigenvalue weighted by Crippen LogP contribution is 2.30. The van der Waals surface area contributed by atoms with Crippen LogP contribution in [0.5, 0.6) is 0 Å². The number of unbranched alkanes of at least 4 members (excludes halogenated alkanes) is 6. The highest BCUT2D eigenvalue weighted by atomic mass is 16.7.